The fraction of sp³-hybridized carbons (Fsp3) is 0.224. The molecule has 0 aliphatic carbocycles. The van der Waals surface area contributed by atoms with E-state index in [4.69, 9.17) is 34.8 Å². The number of rotatable bonds is 6. The Labute approximate surface area is 445 Å². The van der Waals surface area contributed by atoms with Gasteiger partial charge in [-0.1, -0.05) is 130 Å². The molecule has 0 aromatic heterocycles. The van der Waals surface area contributed by atoms with E-state index >= 15 is 0 Å². The molecular weight excluding hydrogens is 1210 g/mol. The molecule has 6 aromatic rings. The number of hydrogen-bond acceptors (Lipinski definition) is 1. The Hall–Kier alpha value is -5.72. The van der Waals surface area contributed by atoms with E-state index in [2.05, 4.69) is 11.2 Å². The molecule has 1 unspecified atom stereocenters. The lowest BCUT2D eigenvalue weighted by molar-refractivity contribution is -0.144. The van der Waals surface area contributed by atoms with Crippen molar-refractivity contribution in [1.29, 1.82) is 0 Å². The molecule has 0 saturated heterocycles. The molecule has 0 spiro atoms. The summed E-state index contributed by atoms with van der Waals surface area (Å²) in [6, 6.07) is 7.75. The van der Waals surface area contributed by atoms with Gasteiger partial charge in [-0.3, -0.25) is 0 Å². The van der Waals surface area contributed by atoms with Gasteiger partial charge in [0.2, 0.25) is 3.79 Å². The number of benzene rings is 6. The van der Waals surface area contributed by atoms with Crippen LogP contribution in [0.15, 0.2) is 127 Å². The van der Waals surface area contributed by atoms with E-state index in [-0.39, 0.29) is 0 Å². The highest BCUT2D eigenvalue weighted by Gasteiger charge is 2.47. The fourth-order valence-corrected chi connectivity index (χ4v) is 9.52. The summed E-state index contributed by atoms with van der Waals surface area (Å²) in [5.41, 5.74) is -27.9. The Morgan fingerprint density at radius 1 is 0.367 bits per heavy atom. The first-order valence-electron chi connectivity index (χ1n) is 21.1. The van der Waals surface area contributed by atoms with Crippen LogP contribution in [0.3, 0.4) is 0 Å². The molecule has 1 nitrogen and oxygen atoms in total. The smallest absolute Gasteiger partial charge is 0.194 e. The van der Waals surface area contributed by atoms with Crippen molar-refractivity contribution >= 4 is 72.7 Å². The normalized spacial score (nSPS) is 14.2. The number of halogens is 27. The molecule has 426 valence electrons. The largest absolute Gasteiger partial charge is 0.416 e. The standard InChI is InChI=1S/C32H12BF24.C17H14Cl3OS/c34-25(35,36)13-1-14(26(37,38)39)6-21(5-13)33(22-7-15(27(40,41)42)2-16(8-22)28(43,44)45,23-9-17(29(46,47)48)3-18(10-23)30(49,50)51)24-11-19(31(52,53)54)4-20(12-24)32(55,56)57;1-22(21,12-11-14-5-3-2-4-6-14)13-15-7-9-16(10-8-15)17(18,19)20/h1-12H;2-10H,13H2,1H3/q-1;+1. The molecule has 0 N–H and O–H groups in total. The summed E-state index contributed by atoms with van der Waals surface area (Å²) in [4.78, 5) is 0. The van der Waals surface area contributed by atoms with Crippen molar-refractivity contribution in [1.82, 2.24) is 0 Å². The van der Waals surface area contributed by atoms with E-state index in [1.54, 1.807) is 18.4 Å². The van der Waals surface area contributed by atoms with Crippen molar-refractivity contribution in [3.8, 4) is 11.2 Å². The molecule has 0 saturated carbocycles. The van der Waals surface area contributed by atoms with Crippen LogP contribution in [0.1, 0.15) is 61.2 Å². The number of hydrogen-bond donors (Lipinski definition) is 0. The van der Waals surface area contributed by atoms with Crippen LogP contribution in [0.25, 0.3) is 0 Å². The zero-order chi connectivity index (χ0) is 60.1. The van der Waals surface area contributed by atoms with Crippen LogP contribution < -0.4 is 21.9 Å². The lowest BCUT2D eigenvalue weighted by atomic mass is 9.12. The lowest BCUT2D eigenvalue weighted by Gasteiger charge is -2.46. The van der Waals surface area contributed by atoms with Crippen LogP contribution in [0.5, 0.6) is 0 Å². The third-order valence-electron chi connectivity index (χ3n) is 11.3. The molecule has 30 heteroatoms. The van der Waals surface area contributed by atoms with Crippen LogP contribution >= 0.6 is 34.8 Å². The van der Waals surface area contributed by atoms with Gasteiger partial charge in [-0.15, -0.1) is 0 Å². The van der Waals surface area contributed by atoms with Crippen LogP contribution in [-0.2, 0) is 73.1 Å². The summed E-state index contributed by atoms with van der Waals surface area (Å²) >= 11 is 17.4. The molecule has 0 fully saturated rings. The van der Waals surface area contributed by atoms with Gasteiger partial charge in [0.25, 0.3) is 0 Å². The van der Waals surface area contributed by atoms with Gasteiger partial charge >= 0.3 is 49.4 Å². The van der Waals surface area contributed by atoms with Gasteiger partial charge in [0.05, 0.1) is 44.5 Å². The maximum absolute atomic E-state index is 14.2. The van der Waals surface area contributed by atoms with E-state index < -0.39 is 208 Å². The van der Waals surface area contributed by atoms with Gasteiger partial charge in [0.1, 0.15) is 18.2 Å². The molecule has 0 amide bonds. The Balaban J connectivity index is 0.000000433. The zero-order valence-electron chi connectivity index (χ0n) is 38.4. The fourth-order valence-electron chi connectivity index (χ4n) is 7.90. The second-order valence-electron chi connectivity index (χ2n) is 17.2. The molecule has 0 radical (unpaired) electrons. The highest BCUT2D eigenvalue weighted by molar-refractivity contribution is 8.05. The van der Waals surface area contributed by atoms with E-state index in [1.165, 1.54) is 0 Å². The Kier molecular flexibility index (Phi) is 17.8. The van der Waals surface area contributed by atoms with Crippen LogP contribution in [-0.4, -0.2) is 12.4 Å². The third kappa shape index (κ3) is 16.0. The van der Waals surface area contributed by atoms with Gasteiger partial charge in [-0.2, -0.15) is 127 Å². The summed E-state index contributed by atoms with van der Waals surface area (Å²) < 4.78 is 352. The minimum Gasteiger partial charge on any atom is -0.194 e. The first-order chi connectivity index (χ1) is 35.5. The van der Waals surface area contributed by atoms with E-state index in [1.807, 2.05) is 42.5 Å². The van der Waals surface area contributed by atoms with Crippen LogP contribution in [0, 0.1) is 11.2 Å². The zero-order valence-corrected chi connectivity index (χ0v) is 41.5. The van der Waals surface area contributed by atoms with Crippen molar-refractivity contribution in [3.63, 3.8) is 0 Å². The van der Waals surface area contributed by atoms with Gasteiger partial charge in [0, 0.05) is 16.7 Å². The number of alkyl halides is 27. The first-order valence-corrected chi connectivity index (χ1v) is 24.4. The molecule has 0 heterocycles. The first kappa shape index (κ1) is 64.1. The molecule has 6 aromatic carbocycles. The summed E-state index contributed by atoms with van der Waals surface area (Å²) in [5.74, 6) is 3.32. The van der Waals surface area contributed by atoms with Crippen LogP contribution in [0.2, 0.25) is 0 Å². The topological polar surface area (TPSA) is 17.1 Å². The molecule has 0 bridgehead atoms. The maximum atomic E-state index is 14.2. The monoisotopic (exact) mass is 1230 g/mol. The second kappa shape index (κ2) is 22.0. The van der Waals surface area contributed by atoms with E-state index in [9.17, 15) is 110 Å². The van der Waals surface area contributed by atoms with E-state index in [0.717, 1.165) is 11.1 Å². The van der Waals surface area contributed by atoms with Gasteiger partial charge < -0.3 is 0 Å². The predicted molar refractivity (Wildman–Crippen MR) is 247 cm³/mol. The Bertz CT molecular complexity index is 2840. The van der Waals surface area contributed by atoms with E-state index in [0.29, 0.717) is 11.3 Å². The van der Waals surface area contributed by atoms with Crippen molar-refractivity contribution in [2.24, 2.45) is 0 Å². The van der Waals surface area contributed by atoms with Crippen LogP contribution in [0.4, 0.5) is 105 Å². The molecule has 0 aliphatic rings. The van der Waals surface area contributed by atoms with Gasteiger partial charge in [-0.05, 0) is 42.3 Å². The quantitative estimate of drug-likeness (QED) is 0.0534. The van der Waals surface area contributed by atoms with Crippen molar-refractivity contribution in [2.75, 3.05) is 6.26 Å². The minimum absolute atomic E-state index is 0.368. The van der Waals surface area contributed by atoms with Crippen molar-refractivity contribution in [2.45, 2.75) is 59.0 Å². The molecule has 79 heavy (non-hydrogen) atoms. The highest BCUT2D eigenvalue weighted by Crippen LogP contribution is 2.42. The maximum Gasteiger partial charge on any atom is 0.416 e. The lowest BCUT2D eigenvalue weighted by Crippen LogP contribution is -2.75. The average Bonchev–Trinajstić information content (AvgIpc) is 3.29. The molecule has 0 aliphatic heterocycles. The van der Waals surface area contributed by atoms with Gasteiger partial charge in [-0.25, -0.2) is 0 Å². The molecule has 6 rings (SSSR count). The average molecular weight is 1240 g/mol. The minimum atomic E-state index is -6.13. The SMILES string of the molecule is C[S+](=O)(C#Cc1ccccc1)Cc1ccc(C(Cl)(Cl)Cl)cc1.FC(F)(F)c1cc([B-](c2cc(C(F)(F)F)cc(C(F)(F)F)c2)(c2cc(C(F)(F)F)cc(C(F)(F)F)c2)c2cc(C(F)(F)F)cc(C(F)(F)F)c2)cc(C(F)(F)F)c1. The highest BCUT2D eigenvalue weighted by atomic mass is 35.6. The second-order valence-corrected chi connectivity index (χ2v) is 21.9. The predicted octanol–water partition coefficient (Wildman–Crippen LogP) is 16.4. The summed E-state index contributed by atoms with van der Waals surface area (Å²) in [5, 5.41) is 2.87. The molecule has 1 atom stereocenters. The van der Waals surface area contributed by atoms with Gasteiger partial charge in [0.15, 0.2) is 15.2 Å². The Morgan fingerprint density at radius 2 is 0.608 bits per heavy atom. The summed E-state index contributed by atoms with van der Waals surface area (Å²) in [6.45, 7) is 0. The van der Waals surface area contributed by atoms with Crippen molar-refractivity contribution in [3.05, 3.63) is 189 Å². The summed E-state index contributed by atoms with van der Waals surface area (Å²) in [7, 11) is -2.29. The Morgan fingerprint density at radius 3 is 0.823 bits per heavy atom. The third-order valence-corrected chi connectivity index (χ3v) is 13.4. The van der Waals surface area contributed by atoms with Crippen molar-refractivity contribution < 1.29 is 110 Å². The molecular formula is C49H26BCl3F24OS. The summed E-state index contributed by atoms with van der Waals surface area (Å²) in [6.07, 6.45) is -53.1.